The topological polar surface area (TPSA) is 102 Å². The van der Waals surface area contributed by atoms with Gasteiger partial charge in [-0.1, -0.05) is 11.6 Å². The molecule has 1 aliphatic carbocycles. The number of hydrogen-bond donors (Lipinski definition) is 2. The van der Waals surface area contributed by atoms with Crippen molar-refractivity contribution < 1.29 is 19.6 Å². The molecule has 1 aliphatic rings. The zero-order valence-corrected chi connectivity index (χ0v) is 9.89. The third-order valence-corrected chi connectivity index (χ3v) is 2.72. The molecule has 0 saturated carbocycles. The second kappa shape index (κ2) is 4.82. The highest BCUT2D eigenvalue weighted by molar-refractivity contribution is 6.27. The Morgan fingerprint density at radius 3 is 2.71 bits per heavy atom. The van der Waals surface area contributed by atoms with E-state index in [4.69, 9.17) is 11.6 Å². The number of likely N-dealkylation sites (N-methyl/N-ethyl adjacent to an activating group) is 1. The molecule has 2 unspecified atom stereocenters. The van der Waals surface area contributed by atoms with E-state index in [1.807, 2.05) is 0 Å². The van der Waals surface area contributed by atoms with E-state index in [0.29, 0.717) is 0 Å². The fourth-order valence-corrected chi connectivity index (χ4v) is 1.62. The average molecular weight is 263 g/mol. The highest BCUT2D eigenvalue weighted by atomic mass is 35.5. The first-order valence-electron chi connectivity index (χ1n) is 4.58. The Balaban J connectivity index is 3.25. The van der Waals surface area contributed by atoms with Crippen LogP contribution in [0.15, 0.2) is 23.4 Å². The molecule has 0 aromatic rings. The van der Waals surface area contributed by atoms with E-state index in [1.54, 1.807) is 0 Å². The number of aliphatic hydroxyl groups excluding tert-OH is 1. The summed E-state index contributed by atoms with van der Waals surface area (Å²) in [6.45, 7) is 0. The molecule has 0 aromatic heterocycles. The second-order valence-corrected chi connectivity index (χ2v) is 3.96. The Kier molecular flexibility index (Phi) is 3.87. The minimum Gasteiger partial charge on any atom is -0.466 e. The number of rotatable bonds is 3. The molecule has 2 N–H and O–H groups in total. The van der Waals surface area contributed by atoms with Crippen molar-refractivity contribution >= 4 is 17.6 Å². The minimum absolute atomic E-state index is 0.272. The fraction of sp³-hybridized carbons (Fsp3) is 0.444. The van der Waals surface area contributed by atoms with Gasteiger partial charge in [0.05, 0.1) is 17.6 Å². The van der Waals surface area contributed by atoms with Crippen LogP contribution in [0.3, 0.4) is 0 Å². The van der Waals surface area contributed by atoms with Crippen LogP contribution in [-0.4, -0.2) is 41.3 Å². The van der Waals surface area contributed by atoms with Gasteiger partial charge in [-0.15, -0.1) is 0 Å². The van der Waals surface area contributed by atoms with E-state index in [-0.39, 0.29) is 5.57 Å². The lowest BCUT2D eigenvalue weighted by molar-refractivity contribution is -0.435. The summed E-state index contributed by atoms with van der Waals surface area (Å²) in [5.41, 5.74) is -0.844. The van der Waals surface area contributed by atoms with Crippen LogP contribution in [-0.2, 0) is 9.53 Å². The third kappa shape index (κ3) is 2.63. The summed E-state index contributed by atoms with van der Waals surface area (Å²) in [6, 6.07) is 0. The van der Waals surface area contributed by atoms with Gasteiger partial charge in [0.25, 0.3) is 5.70 Å². The molecule has 94 valence electrons. The summed E-state index contributed by atoms with van der Waals surface area (Å²) >= 11 is 5.97. The molecule has 0 spiro atoms. The molecule has 0 heterocycles. The van der Waals surface area contributed by atoms with Gasteiger partial charge in [0.2, 0.25) is 0 Å². The van der Waals surface area contributed by atoms with Crippen LogP contribution < -0.4 is 5.32 Å². The Morgan fingerprint density at radius 1 is 1.71 bits per heavy atom. The number of nitro groups is 1. The first-order chi connectivity index (χ1) is 7.84. The van der Waals surface area contributed by atoms with Crippen molar-refractivity contribution in [3.05, 3.63) is 33.5 Å². The van der Waals surface area contributed by atoms with Crippen LogP contribution in [0, 0.1) is 10.1 Å². The summed E-state index contributed by atoms with van der Waals surface area (Å²) < 4.78 is 4.42. The first kappa shape index (κ1) is 13.6. The van der Waals surface area contributed by atoms with Crippen molar-refractivity contribution in [3.63, 3.8) is 0 Å². The highest BCUT2D eigenvalue weighted by Gasteiger charge is 2.40. The van der Waals surface area contributed by atoms with Crippen LogP contribution in [0.25, 0.3) is 0 Å². The number of nitrogens with one attached hydrogen (secondary N) is 1. The van der Waals surface area contributed by atoms with E-state index in [2.05, 4.69) is 10.1 Å². The van der Waals surface area contributed by atoms with Crippen LogP contribution in [0.1, 0.15) is 0 Å². The van der Waals surface area contributed by atoms with E-state index in [0.717, 1.165) is 13.2 Å². The van der Waals surface area contributed by atoms with Crippen molar-refractivity contribution in [3.8, 4) is 0 Å². The summed E-state index contributed by atoms with van der Waals surface area (Å²) in [5.74, 6) is -0.870. The zero-order valence-electron chi connectivity index (χ0n) is 9.14. The number of hydrogen-bond acceptors (Lipinski definition) is 6. The summed E-state index contributed by atoms with van der Waals surface area (Å²) in [6.07, 6.45) is 0.557. The number of alkyl halides is 1. The van der Waals surface area contributed by atoms with Crippen molar-refractivity contribution in [2.45, 2.75) is 11.1 Å². The normalized spacial score (nSPS) is 28.1. The quantitative estimate of drug-likeness (QED) is 0.240. The lowest BCUT2D eigenvalue weighted by Crippen LogP contribution is -2.41. The second-order valence-electron chi connectivity index (χ2n) is 3.34. The molecule has 2 atom stereocenters. The van der Waals surface area contributed by atoms with E-state index in [9.17, 15) is 20.0 Å². The third-order valence-electron chi connectivity index (χ3n) is 2.31. The number of carbonyl (C=O) groups is 1. The maximum atomic E-state index is 11.4. The van der Waals surface area contributed by atoms with Crippen molar-refractivity contribution in [2.24, 2.45) is 0 Å². The maximum Gasteiger partial charge on any atom is 0.336 e. The van der Waals surface area contributed by atoms with Gasteiger partial charge in [-0.2, -0.15) is 0 Å². The molecule has 0 radical (unpaired) electrons. The molecule has 0 bridgehead atoms. The molecule has 0 aromatic carbocycles. The Bertz CT molecular complexity index is 420. The predicted molar refractivity (Wildman–Crippen MR) is 58.8 cm³/mol. The van der Waals surface area contributed by atoms with Crippen molar-refractivity contribution in [2.75, 3.05) is 14.2 Å². The van der Waals surface area contributed by atoms with Crippen molar-refractivity contribution in [1.29, 1.82) is 0 Å². The molecule has 0 amide bonds. The largest absolute Gasteiger partial charge is 0.466 e. The fourth-order valence-electron chi connectivity index (χ4n) is 1.39. The Labute approximate surface area is 102 Å². The van der Waals surface area contributed by atoms with E-state index >= 15 is 0 Å². The number of esters is 1. The molecule has 0 aliphatic heterocycles. The molecular formula is C9H11ClN2O5. The molecule has 17 heavy (non-hydrogen) atoms. The van der Waals surface area contributed by atoms with Gasteiger partial charge in [0, 0.05) is 6.08 Å². The lowest BCUT2D eigenvalue weighted by atomic mass is 9.96. The van der Waals surface area contributed by atoms with E-state index < -0.39 is 27.7 Å². The molecule has 0 saturated heterocycles. The van der Waals surface area contributed by atoms with Crippen LogP contribution >= 0.6 is 11.6 Å². The van der Waals surface area contributed by atoms with Gasteiger partial charge >= 0.3 is 5.97 Å². The SMILES string of the molecule is CNC1(Cl)C=C(C(=O)OC)C(O)C([N+](=O)[O-])=C1. The standard InChI is InChI=1S/C9H11ClN2O5/c1-11-9(10)3-5(8(14)17-2)7(13)6(4-9)12(15)16/h3-4,7,11,13H,1-2H3. The summed E-state index contributed by atoms with van der Waals surface area (Å²) in [4.78, 5) is 19.9. The van der Waals surface area contributed by atoms with Gasteiger partial charge in [0.15, 0.2) is 6.10 Å². The van der Waals surface area contributed by atoms with Gasteiger partial charge in [-0.05, 0) is 13.1 Å². The number of nitrogens with zero attached hydrogens (tertiary/aromatic N) is 1. The zero-order chi connectivity index (χ0) is 13.2. The van der Waals surface area contributed by atoms with Crippen LogP contribution in [0.5, 0.6) is 0 Å². The van der Waals surface area contributed by atoms with Crippen molar-refractivity contribution in [1.82, 2.24) is 5.32 Å². The minimum atomic E-state index is -1.65. The highest BCUT2D eigenvalue weighted by Crippen LogP contribution is 2.29. The van der Waals surface area contributed by atoms with Gasteiger partial charge in [-0.3, -0.25) is 15.4 Å². The lowest BCUT2D eigenvalue weighted by Gasteiger charge is -2.25. The van der Waals surface area contributed by atoms with Crippen LogP contribution in [0.2, 0.25) is 0 Å². The maximum absolute atomic E-state index is 11.4. The smallest absolute Gasteiger partial charge is 0.336 e. The number of halogens is 1. The van der Waals surface area contributed by atoms with Crippen LogP contribution in [0.4, 0.5) is 0 Å². The molecule has 1 rings (SSSR count). The number of carbonyl (C=O) groups excluding carboxylic acids is 1. The molecule has 0 fully saturated rings. The Morgan fingerprint density at radius 2 is 2.29 bits per heavy atom. The van der Waals surface area contributed by atoms with Gasteiger partial charge in [0.1, 0.15) is 5.00 Å². The Hall–Kier alpha value is -1.44. The summed E-state index contributed by atoms with van der Waals surface area (Å²) in [7, 11) is 2.57. The molecule has 7 nitrogen and oxygen atoms in total. The first-order valence-corrected chi connectivity index (χ1v) is 4.96. The predicted octanol–water partition coefficient (Wildman–Crippen LogP) is -0.225. The number of aliphatic hydroxyl groups is 1. The average Bonchev–Trinajstić information content (AvgIpc) is 2.30. The number of ether oxygens (including phenoxy) is 1. The molecular weight excluding hydrogens is 252 g/mol. The monoisotopic (exact) mass is 262 g/mol. The molecule has 8 heteroatoms. The van der Waals surface area contributed by atoms with E-state index in [1.165, 1.54) is 13.1 Å². The number of methoxy groups -OCH3 is 1. The van der Waals surface area contributed by atoms with Gasteiger partial charge < -0.3 is 9.84 Å². The van der Waals surface area contributed by atoms with Gasteiger partial charge in [-0.25, -0.2) is 4.79 Å². The summed E-state index contributed by atoms with van der Waals surface area (Å²) in [5, 5.41) is 23.0.